The van der Waals surface area contributed by atoms with Gasteiger partial charge >= 0.3 is 0 Å². The third-order valence-electron chi connectivity index (χ3n) is 5.71. The van der Waals surface area contributed by atoms with Crippen molar-refractivity contribution in [3.05, 3.63) is 35.6 Å². The molecule has 0 amide bonds. The maximum Gasteiger partial charge on any atom is 0.123 e. The second kappa shape index (κ2) is 4.79. The second-order valence-electron chi connectivity index (χ2n) is 7.38. The summed E-state index contributed by atoms with van der Waals surface area (Å²) in [5.74, 6) is 0.272. The molecular weight excluding hydrogens is 267 g/mol. The van der Waals surface area contributed by atoms with E-state index in [4.69, 9.17) is 9.47 Å². The van der Waals surface area contributed by atoms with Crippen molar-refractivity contribution in [3.8, 4) is 0 Å². The molecule has 2 aliphatic rings. The van der Waals surface area contributed by atoms with Gasteiger partial charge in [-0.25, -0.2) is 4.39 Å². The zero-order valence-electron chi connectivity index (χ0n) is 13.4. The number of rotatable bonds is 4. The first-order chi connectivity index (χ1) is 9.79. The summed E-state index contributed by atoms with van der Waals surface area (Å²) in [4.78, 5) is 0. The Balaban J connectivity index is 1.76. The van der Waals surface area contributed by atoms with Gasteiger partial charge in [-0.15, -0.1) is 0 Å². The Morgan fingerprint density at radius 3 is 2.67 bits per heavy atom. The largest absolute Gasteiger partial charge is 0.367 e. The molecule has 0 saturated carbocycles. The Morgan fingerprint density at radius 2 is 2.05 bits per heavy atom. The summed E-state index contributed by atoms with van der Waals surface area (Å²) in [6, 6.07) is 6.63. The van der Waals surface area contributed by atoms with Gasteiger partial charge in [-0.3, -0.25) is 0 Å². The number of hydrogen-bond acceptors (Lipinski definition) is 2. The van der Waals surface area contributed by atoms with Crippen molar-refractivity contribution in [3.63, 3.8) is 0 Å². The molecule has 0 aromatic heterocycles. The molecule has 2 heterocycles. The molecule has 1 aromatic carbocycles. The minimum atomic E-state index is -0.304. The lowest BCUT2D eigenvalue weighted by molar-refractivity contribution is -0.142. The number of hydrogen-bond donors (Lipinski definition) is 0. The molecule has 21 heavy (non-hydrogen) atoms. The number of fused-ring (bicyclic) bond motifs is 2. The van der Waals surface area contributed by atoms with Crippen LogP contribution in [0.2, 0.25) is 0 Å². The normalized spacial score (nSPS) is 38.4. The molecule has 0 aliphatic carbocycles. The van der Waals surface area contributed by atoms with Gasteiger partial charge in [0.15, 0.2) is 0 Å². The summed E-state index contributed by atoms with van der Waals surface area (Å²) in [6.45, 7) is 9.20. The highest BCUT2D eigenvalue weighted by atomic mass is 19.1. The standard InChI is InChI=1S/C18H25FO2/c1-13(2)18-9-8-16(3,21-18)17(4,12-18)20-11-14-6-5-7-15(19)10-14/h5-7,10,13H,8-9,11-12H2,1-4H3. The molecule has 2 fully saturated rings. The first-order valence-electron chi connectivity index (χ1n) is 7.87. The molecule has 116 valence electrons. The van der Waals surface area contributed by atoms with Gasteiger partial charge in [0, 0.05) is 6.42 Å². The van der Waals surface area contributed by atoms with Gasteiger partial charge in [0.25, 0.3) is 0 Å². The summed E-state index contributed by atoms with van der Waals surface area (Å²) in [7, 11) is 0. The SMILES string of the molecule is CC(C)C12CCC(C)(O1)C(C)(OCc1cccc(F)c1)C2. The molecule has 2 bridgehead atoms. The Morgan fingerprint density at radius 1 is 1.29 bits per heavy atom. The van der Waals surface area contributed by atoms with Gasteiger partial charge < -0.3 is 9.47 Å². The maximum atomic E-state index is 13.3. The van der Waals surface area contributed by atoms with Crippen molar-refractivity contribution in [1.29, 1.82) is 0 Å². The van der Waals surface area contributed by atoms with Crippen LogP contribution in [0.15, 0.2) is 24.3 Å². The molecule has 2 nitrogen and oxygen atoms in total. The van der Waals surface area contributed by atoms with Crippen molar-refractivity contribution in [2.75, 3.05) is 0 Å². The Kier molecular flexibility index (Phi) is 3.42. The quantitative estimate of drug-likeness (QED) is 0.815. The van der Waals surface area contributed by atoms with Crippen LogP contribution < -0.4 is 0 Å². The zero-order valence-corrected chi connectivity index (χ0v) is 13.4. The summed E-state index contributed by atoms with van der Waals surface area (Å²) in [6.07, 6.45) is 3.06. The van der Waals surface area contributed by atoms with Crippen LogP contribution in [-0.4, -0.2) is 16.8 Å². The van der Waals surface area contributed by atoms with E-state index in [0.717, 1.165) is 24.8 Å². The lowest BCUT2D eigenvalue weighted by Gasteiger charge is -2.40. The summed E-state index contributed by atoms with van der Waals surface area (Å²) < 4.78 is 26.0. The molecule has 0 N–H and O–H groups in total. The molecule has 3 unspecified atom stereocenters. The van der Waals surface area contributed by atoms with Crippen molar-refractivity contribution in [2.24, 2.45) is 5.92 Å². The predicted octanol–water partition coefficient (Wildman–Crippen LogP) is 4.47. The fourth-order valence-corrected chi connectivity index (χ4v) is 3.94. The highest BCUT2D eigenvalue weighted by molar-refractivity contribution is 5.18. The molecule has 3 rings (SSSR count). The highest BCUT2D eigenvalue weighted by Gasteiger charge is 2.66. The Bertz CT molecular complexity index is 544. The summed E-state index contributed by atoms with van der Waals surface area (Å²) in [5, 5.41) is 0. The zero-order chi connectivity index (χ0) is 15.3. The van der Waals surface area contributed by atoms with Crippen LogP contribution in [0.4, 0.5) is 4.39 Å². The minimum absolute atomic E-state index is 0.0502. The van der Waals surface area contributed by atoms with Crippen LogP contribution in [0.1, 0.15) is 52.5 Å². The molecule has 1 aromatic rings. The van der Waals surface area contributed by atoms with E-state index < -0.39 is 0 Å². The van der Waals surface area contributed by atoms with Crippen LogP contribution in [0.5, 0.6) is 0 Å². The van der Waals surface area contributed by atoms with Crippen LogP contribution in [0.3, 0.4) is 0 Å². The van der Waals surface area contributed by atoms with E-state index in [2.05, 4.69) is 27.7 Å². The number of benzene rings is 1. The summed E-state index contributed by atoms with van der Waals surface area (Å²) in [5.41, 5.74) is 0.291. The van der Waals surface area contributed by atoms with Gasteiger partial charge in [-0.1, -0.05) is 26.0 Å². The first-order valence-corrected chi connectivity index (χ1v) is 7.87. The van der Waals surface area contributed by atoms with Gasteiger partial charge in [0.2, 0.25) is 0 Å². The molecule has 2 saturated heterocycles. The molecular formula is C18H25FO2. The highest BCUT2D eigenvalue weighted by Crippen LogP contribution is 2.60. The fraction of sp³-hybridized carbons (Fsp3) is 0.667. The Hall–Kier alpha value is -0.930. The molecule has 3 atom stereocenters. The average Bonchev–Trinajstić information content (AvgIpc) is 2.87. The lowest BCUT2D eigenvalue weighted by atomic mass is 9.69. The van der Waals surface area contributed by atoms with Crippen LogP contribution in [0, 0.1) is 11.7 Å². The molecule has 0 spiro atoms. The number of ether oxygens (including phenoxy) is 2. The first kappa shape index (κ1) is 15.0. The average molecular weight is 292 g/mol. The van der Waals surface area contributed by atoms with Crippen molar-refractivity contribution in [2.45, 2.75) is 70.4 Å². The third-order valence-corrected chi connectivity index (χ3v) is 5.71. The molecule has 0 radical (unpaired) electrons. The monoisotopic (exact) mass is 292 g/mol. The summed E-state index contributed by atoms with van der Waals surface area (Å²) >= 11 is 0. The lowest BCUT2D eigenvalue weighted by Crippen LogP contribution is -2.49. The van der Waals surface area contributed by atoms with Crippen LogP contribution in [-0.2, 0) is 16.1 Å². The van der Waals surface area contributed by atoms with Crippen LogP contribution in [0.25, 0.3) is 0 Å². The number of halogens is 1. The minimum Gasteiger partial charge on any atom is -0.367 e. The fourth-order valence-electron chi connectivity index (χ4n) is 3.94. The maximum absolute atomic E-state index is 13.3. The van der Waals surface area contributed by atoms with Crippen LogP contribution >= 0.6 is 0 Å². The predicted molar refractivity (Wildman–Crippen MR) is 80.5 cm³/mol. The van der Waals surface area contributed by atoms with E-state index >= 15 is 0 Å². The van der Waals surface area contributed by atoms with Gasteiger partial charge in [0.1, 0.15) is 5.82 Å². The smallest absolute Gasteiger partial charge is 0.123 e. The second-order valence-corrected chi connectivity index (χ2v) is 7.38. The van der Waals surface area contributed by atoms with Crippen molar-refractivity contribution >= 4 is 0 Å². The van der Waals surface area contributed by atoms with Gasteiger partial charge in [-0.2, -0.15) is 0 Å². The van der Waals surface area contributed by atoms with Gasteiger partial charge in [-0.05, 0) is 50.3 Å². The van der Waals surface area contributed by atoms with E-state index in [9.17, 15) is 4.39 Å². The molecule has 3 heteroatoms. The Labute approximate surface area is 126 Å². The molecule has 2 aliphatic heterocycles. The third kappa shape index (κ3) is 2.31. The van der Waals surface area contributed by atoms with E-state index in [-0.39, 0.29) is 22.6 Å². The van der Waals surface area contributed by atoms with Crippen molar-refractivity contribution < 1.29 is 13.9 Å². The van der Waals surface area contributed by atoms with E-state index in [0.29, 0.717) is 12.5 Å². The topological polar surface area (TPSA) is 18.5 Å². The van der Waals surface area contributed by atoms with E-state index in [1.165, 1.54) is 12.1 Å². The van der Waals surface area contributed by atoms with E-state index in [1.54, 1.807) is 6.07 Å². The van der Waals surface area contributed by atoms with Crippen molar-refractivity contribution in [1.82, 2.24) is 0 Å². The van der Waals surface area contributed by atoms with Gasteiger partial charge in [0.05, 0.1) is 23.4 Å². The van der Waals surface area contributed by atoms with E-state index in [1.807, 2.05) is 6.07 Å².